The highest BCUT2D eigenvalue weighted by atomic mass is 14.9. The molecular weight excluding hydrogens is 124 g/mol. The van der Waals surface area contributed by atoms with Gasteiger partial charge < -0.3 is 11.1 Å². The molecule has 1 fully saturated rings. The maximum absolute atomic E-state index is 5.90. The molecule has 0 aromatic rings. The van der Waals surface area contributed by atoms with Crippen molar-refractivity contribution in [2.24, 2.45) is 5.73 Å². The van der Waals surface area contributed by atoms with Crippen molar-refractivity contribution in [1.82, 2.24) is 5.32 Å². The molecule has 0 saturated heterocycles. The second kappa shape index (κ2) is 3.94. The van der Waals surface area contributed by atoms with E-state index in [2.05, 4.69) is 12.2 Å². The van der Waals surface area contributed by atoms with Gasteiger partial charge in [0.1, 0.15) is 0 Å². The normalized spacial score (nSPS) is 34.2. The average molecular weight is 142 g/mol. The van der Waals surface area contributed by atoms with Crippen molar-refractivity contribution in [3.8, 4) is 0 Å². The minimum atomic E-state index is 0.411. The van der Waals surface area contributed by atoms with Gasteiger partial charge in [-0.15, -0.1) is 0 Å². The van der Waals surface area contributed by atoms with E-state index in [0.29, 0.717) is 12.1 Å². The van der Waals surface area contributed by atoms with Gasteiger partial charge in [0.25, 0.3) is 0 Å². The zero-order valence-electron chi connectivity index (χ0n) is 6.77. The first kappa shape index (κ1) is 8.02. The van der Waals surface area contributed by atoms with E-state index < -0.39 is 0 Å². The molecule has 2 nitrogen and oxygen atoms in total. The Hall–Kier alpha value is -0.0800. The summed E-state index contributed by atoms with van der Waals surface area (Å²) in [6.07, 6.45) is 5.15. The minimum Gasteiger partial charge on any atom is -0.326 e. The second-order valence-electron chi connectivity index (χ2n) is 3.11. The van der Waals surface area contributed by atoms with Gasteiger partial charge >= 0.3 is 0 Å². The van der Waals surface area contributed by atoms with Crippen molar-refractivity contribution in [2.45, 2.75) is 44.7 Å². The summed E-state index contributed by atoms with van der Waals surface area (Å²) in [5.41, 5.74) is 5.90. The molecule has 2 atom stereocenters. The Morgan fingerprint density at radius 3 is 2.70 bits per heavy atom. The van der Waals surface area contributed by atoms with E-state index in [4.69, 9.17) is 5.73 Å². The third-order valence-electron chi connectivity index (χ3n) is 2.29. The predicted molar refractivity (Wildman–Crippen MR) is 43.9 cm³/mol. The Balaban J connectivity index is 2.25. The van der Waals surface area contributed by atoms with E-state index in [-0.39, 0.29) is 0 Å². The SMILES string of the molecule is CCNC1CCCC[C@@H]1N. The molecule has 1 saturated carbocycles. The van der Waals surface area contributed by atoms with Crippen molar-refractivity contribution in [1.29, 1.82) is 0 Å². The molecule has 0 aliphatic heterocycles. The van der Waals surface area contributed by atoms with Crippen LogP contribution in [0.5, 0.6) is 0 Å². The molecule has 1 unspecified atom stereocenters. The van der Waals surface area contributed by atoms with Gasteiger partial charge in [0, 0.05) is 12.1 Å². The maximum atomic E-state index is 5.90. The molecule has 0 spiro atoms. The van der Waals surface area contributed by atoms with Gasteiger partial charge in [0.05, 0.1) is 0 Å². The fourth-order valence-electron chi connectivity index (χ4n) is 1.68. The van der Waals surface area contributed by atoms with Gasteiger partial charge in [-0.3, -0.25) is 0 Å². The van der Waals surface area contributed by atoms with Gasteiger partial charge in [-0.25, -0.2) is 0 Å². The van der Waals surface area contributed by atoms with Gasteiger partial charge in [0.15, 0.2) is 0 Å². The van der Waals surface area contributed by atoms with E-state index >= 15 is 0 Å². The van der Waals surface area contributed by atoms with Crippen LogP contribution in [-0.4, -0.2) is 18.6 Å². The van der Waals surface area contributed by atoms with Crippen LogP contribution >= 0.6 is 0 Å². The van der Waals surface area contributed by atoms with Crippen molar-refractivity contribution >= 4 is 0 Å². The zero-order valence-corrected chi connectivity index (χ0v) is 6.77. The first-order valence-electron chi connectivity index (χ1n) is 4.33. The first-order valence-corrected chi connectivity index (χ1v) is 4.33. The number of nitrogens with one attached hydrogen (secondary N) is 1. The Morgan fingerprint density at radius 2 is 2.10 bits per heavy atom. The van der Waals surface area contributed by atoms with Crippen LogP contribution in [0.1, 0.15) is 32.6 Å². The molecule has 10 heavy (non-hydrogen) atoms. The lowest BCUT2D eigenvalue weighted by atomic mass is 9.91. The quantitative estimate of drug-likeness (QED) is 0.600. The molecule has 0 heterocycles. The fraction of sp³-hybridized carbons (Fsp3) is 1.00. The van der Waals surface area contributed by atoms with Crippen LogP contribution in [0.4, 0.5) is 0 Å². The number of hydrogen-bond acceptors (Lipinski definition) is 2. The smallest absolute Gasteiger partial charge is 0.0218 e. The van der Waals surface area contributed by atoms with Crippen LogP contribution in [0, 0.1) is 0 Å². The monoisotopic (exact) mass is 142 g/mol. The topological polar surface area (TPSA) is 38.0 Å². The highest BCUT2D eigenvalue weighted by Gasteiger charge is 2.19. The minimum absolute atomic E-state index is 0.411. The molecule has 1 aliphatic rings. The molecule has 0 aromatic carbocycles. The highest BCUT2D eigenvalue weighted by molar-refractivity contribution is 4.82. The van der Waals surface area contributed by atoms with Crippen LogP contribution < -0.4 is 11.1 Å². The first-order chi connectivity index (χ1) is 4.84. The second-order valence-corrected chi connectivity index (χ2v) is 3.11. The maximum Gasteiger partial charge on any atom is 0.0218 e. The molecule has 0 bridgehead atoms. The summed E-state index contributed by atoms with van der Waals surface area (Å²) in [5.74, 6) is 0. The Kier molecular flexibility index (Phi) is 3.16. The number of hydrogen-bond donors (Lipinski definition) is 2. The molecule has 0 aromatic heterocycles. The van der Waals surface area contributed by atoms with E-state index in [1.165, 1.54) is 25.7 Å². The standard InChI is InChI=1S/C8H18N2/c1-2-10-8-6-4-3-5-7(8)9/h7-8,10H,2-6,9H2,1H3/t7-,8?/m0/s1. The van der Waals surface area contributed by atoms with Crippen LogP contribution in [0.3, 0.4) is 0 Å². The van der Waals surface area contributed by atoms with Gasteiger partial charge in [-0.2, -0.15) is 0 Å². The van der Waals surface area contributed by atoms with Crippen molar-refractivity contribution in [3.63, 3.8) is 0 Å². The summed E-state index contributed by atoms with van der Waals surface area (Å²) in [6.45, 7) is 3.19. The fourth-order valence-corrected chi connectivity index (χ4v) is 1.68. The zero-order chi connectivity index (χ0) is 7.40. The number of likely N-dealkylation sites (N-methyl/N-ethyl adjacent to an activating group) is 1. The summed E-state index contributed by atoms with van der Waals surface area (Å²) in [4.78, 5) is 0. The summed E-state index contributed by atoms with van der Waals surface area (Å²) in [7, 11) is 0. The molecule has 1 aliphatic carbocycles. The van der Waals surface area contributed by atoms with Gasteiger partial charge in [-0.1, -0.05) is 19.8 Å². The lowest BCUT2D eigenvalue weighted by molar-refractivity contribution is 0.333. The lowest BCUT2D eigenvalue weighted by Crippen LogP contribution is -2.46. The summed E-state index contributed by atoms with van der Waals surface area (Å²) >= 11 is 0. The van der Waals surface area contributed by atoms with Crippen molar-refractivity contribution in [3.05, 3.63) is 0 Å². The molecule has 2 heteroatoms. The molecule has 1 rings (SSSR count). The van der Waals surface area contributed by atoms with Gasteiger partial charge in [-0.05, 0) is 19.4 Å². The molecule has 0 amide bonds. The Morgan fingerprint density at radius 1 is 1.40 bits per heavy atom. The molecule has 0 radical (unpaired) electrons. The van der Waals surface area contributed by atoms with Crippen LogP contribution in [-0.2, 0) is 0 Å². The van der Waals surface area contributed by atoms with E-state index in [9.17, 15) is 0 Å². The number of rotatable bonds is 2. The largest absolute Gasteiger partial charge is 0.326 e. The third kappa shape index (κ3) is 1.96. The molecule has 3 N–H and O–H groups in total. The predicted octanol–water partition coefficient (Wildman–Crippen LogP) is 0.866. The average Bonchev–Trinajstić information content (AvgIpc) is 1.94. The van der Waals surface area contributed by atoms with Crippen LogP contribution in [0.2, 0.25) is 0 Å². The Labute approximate surface area is 63.2 Å². The van der Waals surface area contributed by atoms with Gasteiger partial charge in [0.2, 0.25) is 0 Å². The summed E-state index contributed by atoms with van der Waals surface area (Å²) in [6, 6.07) is 1.01. The van der Waals surface area contributed by atoms with Crippen LogP contribution in [0.25, 0.3) is 0 Å². The van der Waals surface area contributed by atoms with E-state index in [0.717, 1.165) is 6.54 Å². The Bertz CT molecular complexity index is 91.3. The summed E-state index contributed by atoms with van der Waals surface area (Å²) in [5, 5.41) is 3.41. The molecular formula is C8H18N2. The van der Waals surface area contributed by atoms with Crippen molar-refractivity contribution < 1.29 is 0 Å². The number of nitrogens with two attached hydrogens (primary N) is 1. The third-order valence-corrected chi connectivity index (χ3v) is 2.29. The summed E-state index contributed by atoms with van der Waals surface area (Å²) < 4.78 is 0. The van der Waals surface area contributed by atoms with Crippen LogP contribution in [0.15, 0.2) is 0 Å². The van der Waals surface area contributed by atoms with E-state index in [1.54, 1.807) is 0 Å². The van der Waals surface area contributed by atoms with E-state index in [1.807, 2.05) is 0 Å². The highest BCUT2D eigenvalue weighted by Crippen LogP contribution is 2.16. The lowest BCUT2D eigenvalue weighted by Gasteiger charge is -2.28. The van der Waals surface area contributed by atoms with Crippen molar-refractivity contribution in [2.75, 3.05) is 6.54 Å². The molecule has 60 valence electrons.